The van der Waals surface area contributed by atoms with E-state index in [0.29, 0.717) is 42.3 Å². The second-order valence-corrected chi connectivity index (χ2v) is 5.62. The standard InChI is InChI=1S/C20H24N2O4/c1-3-12-21-19(23)15-8-10-16(11-9-15)22-20(24)17-6-4-5-7-18(17)26-14-13-25-2/h4-11H,3,12-14H2,1-2H3,(H,21,23)(H,22,24). The Morgan fingerprint density at radius 3 is 2.38 bits per heavy atom. The Morgan fingerprint density at radius 2 is 1.69 bits per heavy atom. The van der Waals surface area contributed by atoms with Crippen molar-refractivity contribution in [3.63, 3.8) is 0 Å². The van der Waals surface area contributed by atoms with E-state index in [1.165, 1.54) is 0 Å². The highest BCUT2D eigenvalue weighted by molar-refractivity contribution is 6.06. The Hall–Kier alpha value is -2.86. The molecule has 0 heterocycles. The maximum absolute atomic E-state index is 12.5. The molecular weight excluding hydrogens is 332 g/mol. The molecule has 0 saturated heterocycles. The molecule has 0 atom stereocenters. The number of anilines is 1. The van der Waals surface area contributed by atoms with E-state index in [-0.39, 0.29) is 11.8 Å². The molecule has 138 valence electrons. The van der Waals surface area contributed by atoms with Crippen molar-refractivity contribution in [2.75, 3.05) is 32.2 Å². The molecule has 26 heavy (non-hydrogen) atoms. The van der Waals surface area contributed by atoms with Crippen molar-refractivity contribution in [1.82, 2.24) is 5.32 Å². The van der Waals surface area contributed by atoms with Gasteiger partial charge in [0.25, 0.3) is 11.8 Å². The second-order valence-electron chi connectivity index (χ2n) is 5.62. The lowest BCUT2D eigenvalue weighted by molar-refractivity contribution is 0.0953. The number of rotatable bonds is 9. The molecule has 2 N–H and O–H groups in total. The van der Waals surface area contributed by atoms with Gasteiger partial charge in [-0.05, 0) is 42.8 Å². The molecule has 0 bridgehead atoms. The van der Waals surface area contributed by atoms with Crippen LogP contribution in [0.4, 0.5) is 5.69 Å². The van der Waals surface area contributed by atoms with Crippen molar-refractivity contribution in [2.45, 2.75) is 13.3 Å². The first-order valence-corrected chi connectivity index (χ1v) is 8.56. The number of nitrogens with one attached hydrogen (secondary N) is 2. The third-order valence-electron chi connectivity index (χ3n) is 3.62. The number of para-hydroxylation sites is 1. The van der Waals surface area contributed by atoms with E-state index in [0.717, 1.165) is 6.42 Å². The van der Waals surface area contributed by atoms with Gasteiger partial charge in [-0.1, -0.05) is 19.1 Å². The van der Waals surface area contributed by atoms with E-state index >= 15 is 0 Å². The molecule has 0 aliphatic carbocycles. The Kier molecular flexibility index (Phi) is 7.64. The van der Waals surface area contributed by atoms with E-state index in [4.69, 9.17) is 9.47 Å². The monoisotopic (exact) mass is 356 g/mol. The van der Waals surface area contributed by atoms with E-state index in [1.54, 1.807) is 49.6 Å². The molecule has 2 rings (SSSR count). The average molecular weight is 356 g/mol. The first-order valence-electron chi connectivity index (χ1n) is 8.56. The van der Waals surface area contributed by atoms with Gasteiger partial charge in [0.2, 0.25) is 0 Å². The molecule has 0 aliphatic rings. The maximum Gasteiger partial charge on any atom is 0.259 e. The molecule has 6 nitrogen and oxygen atoms in total. The van der Waals surface area contributed by atoms with Gasteiger partial charge in [0.15, 0.2) is 0 Å². The van der Waals surface area contributed by atoms with Gasteiger partial charge in [0, 0.05) is 24.9 Å². The van der Waals surface area contributed by atoms with Crippen molar-refractivity contribution < 1.29 is 19.1 Å². The Labute approximate surface area is 153 Å². The molecule has 0 saturated carbocycles. The number of methoxy groups -OCH3 is 1. The number of hydrogen-bond donors (Lipinski definition) is 2. The number of hydrogen-bond acceptors (Lipinski definition) is 4. The molecule has 6 heteroatoms. The van der Waals surface area contributed by atoms with E-state index < -0.39 is 0 Å². The van der Waals surface area contributed by atoms with E-state index in [1.807, 2.05) is 13.0 Å². The van der Waals surface area contributed by atoms with E-state index in [2.05, 4.69) is 10.6 Å². The van der Waals surface area contributed by atoms with Crippen LogP contribution in [0.15, 0.2) is 48.5 Å². The summed E-state index contributed by atoms with van der Waals surface area (Å²) >= 11 is 0. The van der Waals surface area contributed by atoms with Crippen molar-refractivity contribution in [2.24, 2.45) is 0 Å². The largest absolute Gasteiger partial charge is 0.490 e. The minimum absolute atomic E-state index is 0.124. The summed E-state index contributed by atoms with van der Waals surface area (Å²) in [6.07, 6.45) is 0.881. The molecule has 0 spiro atoms. The third kappa shape index (κ3) is 5.60. The molecule has 2 aromatic carbocycles. The zero-order chi connectivity index (χ0) is 18.8. The Bertz CT molecular complexity index is 729. The highest BCUT2D eigenvalue weighted by Gasteiger charge is 2.13. The number of benzene rings is 2. The molecule has 0 fully saturated rings. The van der Waals surface area contributed by atoms with Crippen LogP contribution in [0.5, 0.6) is 5.75 Å². The van der Waals surface area contributed by atoms with Crippen LogP contribution in [0, 0.1) is 0 Å². The molecular formula is C20H24N2O4. The number of carbonyl (C=O) groups is 2. The SMILES string of the molecule is CCCNC(=O)c1ccc(NC(=O)c2ccccc2OCCOC)cc1. The van der Waals surface area contributed by atoms with Gasteiger partial charge in [0.1, 0.15) is 12.4 Å². The van der Waals surface area contributed by atoms with Crippen LogP contribution in [0.3, 0.4) is 0 Å². The van der Waals surface area contributed by atoms with Gasteiger partial charge in [-0.2, -0.15) is 0 Å². The van der Waals surface area contributed by atoms with Crippen LogP contribution >= 0.6 is 0 Å². The molecule has 2 amide bonds. The Balaban J connectivity index is 2.02. The fraction of sp³-hybridized carbons (Fsp3) is 0.300. The highest BCUT2D eigenvalue weighted by atomic mass is 16.5. The van der Waals surface area contributed by atoms with Crippen LogP contribution in [0.25, 0.3) is 0 Å². The maximum atomic E-state index is 12.5. The first kappa shape index (κ1) is 19.5. The topological polar surface area (TPSA) is 76.7 Å². The van der Waals surface area contributed by atoms with Crippen LogP contribution in [0.1, 0.15) is 34.1 Å². The first-order chi connectivity index (χ1) is 12.7. The fourth-order valence-corrected chi connectivity index (χ4v) is 2.26. The predicted molar refractivity (Wildman–Crippen MR) is 101 cm³/mol. The summed E-state index contributed by atoms with van der Waals surface area (Å²) in [7, 11) is 1.59. The van der Waals surface area contributed by atoms with Crippen molar-refractivity contribution in [3.05, 3.63) is 59.7 Å². The van der Waals surface area contributed by atoms with E-state index in [9.17, 15) is 9.59 Å². The minimum Gasteiger partial charge on any atom is -0.490 e. The summed E-state index contributed by atoms with van der Waals surface area (Å²) in [4.78, 5) is 24.4. The Morgan fingerprint density at radius 1 is 0.962 bits per heavy atom. The van der Waals surface area contributed by atoms with Crippen molar-refractivity contribution in [1.29, 1.82) is 0 Å². The second kappa shape index (κ2) is 10.2. The lowest BCUT2D eigenvalue weighted by atomic mass is 10.1. The number of carbonyl (C=O) groups excluding carboxylic acids is 2. The lowest BCUT2D eigenvalue weighted by Crippen LogP contribution is -2.23. The van der Waals surface area contributed by atoms with Crippen LogP contribution < -0.4 is 15.4 Å². The highest BCUT2D eigenvalue weighted by Crippen LogP contribution is 2.20. The van der Waals surface area contributed by atoms with Gasteiger partial charge < -0.3 is 20.1 Å². The lowest BCUT2D eigenvalue weighted by Gasteiger charge is -2.12. The van der Waals surface area contributed by atoms with Gasteiger partial charge >= 0.3 is 0 Å². The predicted octanol–water partition coefficient (Wildman–Crippen LogP) is 3.10. The fourth-order valence-electron chi connectivity index (χ4n) is 2.26. The van der Waals surface area contributed by atoms with Crippen LogP contribution in [-0.2, 0) is 4.74 Å². The summed E-state index contributed by atoms with van der Waals surface area (Å²) in [6.45, 7) is 3.44. The third-order valence-corrected chi connectivity index (χ3v) is 3.62. The summed E-state index contributed by atoms with van der Waals surface area (Å²) in [5, 5.41) is 5.63. The van der Waals surface area contributed by atoms with Gasteiger partial charge in [-0.15, -0.1) is 0 Å². The smallest absolute Gasteiger partial charge is 0.259 e. The van der Waals surface area contributed by atoms with Crippen molar-refractivity contribution >= 4 is 17.5 Å². The summed E-state index contributed by atoms with van der Waals surface area (Å²) in [5.41, 5.74) is 1.60. The summed E-state index contributed by atoms with van der Waals surface area (Å²) < 4.78 is 10.5. The number of ether oxygens (including phenoxy) is 2. The average Bonchev–Trinajstić information content (AvgIpc) is 2.67. The normalized spacial score (nSPS) is 10.2. The molecule has 0 radical (unpaired) electrons. The summed E-state index contributed by atoms with van der Waals surface area (Å²) in [5.74, 6) is 0.0976. The molecule has 0 aliphatic heterocycles. The number of amides is 2. The quantitative estimate of drug-likeness (QED) is 0.677. The van der Waals surface area contributed by atoms with Crippen LogP contribution in [0.2, 0.25) is 0 Å². The zero-order valence-electron chi connectivity index (χ0n) is 15.1. The molecule has 0 aromatic heterocycles. The van der Waals surface area contributed by atoms with Gasteiger partial charge in [-0.25, -0.2) is 0 Å². The van der Waals surface area contributed by atoms with Crippen LogP contribution in [-0.4, -0.2) is 38.7 Å². The molecule has 2 aromatic rings. The van der Waals surface area contributed by atoms with Crippen molar-refractivity contribution in [3.8, 4) is 5.75 Å². The van der Waals surface area contributed by atoms with Gasteiger partial charge in [-0.3, -0.25) is 9.59 Å². The minimum atomic E-state index is -0.277. The molecule has 0 unspecified atom stereocenters. The summed E-state index contributed by atoms with van der Waals surface area (Å²) in [6, 6.07) is 13.8. The zero-order valence-corrected chi connectivity index (χ0v) is 15.1. The van der Waals surface area contributed by atoms with Gasteiger partial charge in [0.05, 0.1) is 12.2 Å².